The number of methoxy groups -OCH3 is 1. The fourth-order valence-corrected chi connectivity index (χ4v) is 2.47. The molecule has 20 heavy (non-hydrogen) atoms. The van der Waals surface area contributed by atoms with Gasteiger partial charge in [-0.1, -0.05) is 6.42 Å². The molecule has 0 spiro atoms. The number of halogens is 1. The van der Waals surface area contributed by atoms with E-state index < -0.39 is 0 Å². The average Bonchev–Trinajstić information content (AvgIpc) is 2.49. The number of hydrogen-bond donors (Lipinski definition) is 0. The fourth-order valence-electron chi connectivity index (χ4n) is 2.47. The van der Waals surface area contributed by atoms with Crippen molar-refractivity contribution in [3.63, 3.8) is 0 Å². The Morgan fingerprint density at radius 1 is 1.35 bits per heavy atom. The summed E-state index contributed by atoms with van der Waals surface area (Å²) in [4.78, 5) is 13.8. The highest BCUT2D eigenvalue weighted by molar-refractivity contribution is 5.75. The number of hydrogen-bond acceptors (Lipinski definition) is 4. The Morgan fingerprint density at radius 2 is 2.10 bits per heavy atom. The number of benzene rings is 1. The van der Waals surface area contributed by atoms with E-state index in [4.69, 9.17) is 9.47 Å². The van der Waals surface area contributed by atoms with Crippen molar-refractivity contribution in [1.29, 1.82) is 0 Å². The molecular weight excluding hydrogens is 261 g/mol. The first-order valence-electron chi connectivity index (χ1n) is 6.91. The average molecular weight is 281 g/mol. The van der Waals surface area contributed by atoms with Crippen molar-refractivity contribution in [1.82, 2.24) is 4.90 Å². The summed E-state index contributed by atoms with van der Waals surface area (Å²) in [5.74, 6) is 0.184. The van der Waals surface area contributed by atoms with E-state index in [1.165, 1.54) is 19.2 Å². The molecule has 1 atom stereocenters. The first kappa shape index (κ1) is 14.8. The summed E-state index contributed by atoms with van der Waals surface area (Å²) in [6.07, 6.45) is 2.97. The molecule has 0 unspecified atom stereocenters. The summed E-state index contributed by atoms with van der Waals surface area (Å²) >= 11 is 0. The molecule has 0 amide bonds. The Bertz CT molecular complexity index is 435. The Morgan fingerprint density at radius 3 is 2.80 bits per heavy atom. The lowest BCUT2D eigenvalue weighted by atomic mass is 10.0. The number of piperidine rings is 1. The van der Waals surface area contributed by atoms with E-state index >= 15 is 0 Å². The second-order valence-electron chi connectivity index (χ2n) is 4.87. The van der Waals surface area contributed by atoms with Gasteiger partial charge >= 0.3 is 5.97 Å². The van der Waals surface area contributed by atoms with Gasteiger partial charge in [0.05, 0.1) is 7.11 Å². The lowest BCUT2D eigenvalue weighted by Crippen LogP contribution is -2.46. The summed E-state index contributed by atoms with van der Waals surface area (Å²) in [6.45, 7) is 2.02. The third-order valence-corrected chi connectivity index (χ3v) is 3.55. The fraction of sp³-hybridized carbons (Fsp3) is 0.533. The lowest BCUT2D eigenvalue weighted by Gasteiger charge is -2.33. The maximum Gasteiger partial charge on any atom is 0.323 e. The van der Waals surface area contributed by atoms with Gasteiger partial charge in [0.2, 0.25) is 0 Å². The molecule has 0 aromatic heterocycles. The van der Waals surface area contributed by atoms with Crippen LogP contribution in [0.4, 0.5) is 4.39 Å². The lowest BCUT2D eigenvalue weighted by molar-refractivity contribution is -0.148. The van der Waals surface area contributed by atoms with E-state index in [0.717, 1.165) is 25.8 Å². The van der Waals surface area contributed by atoms with Crippen LogP contribution in [-0.2, 0) is 9.53 Å². The zero-order valence-corrected chi connectivity index (χ0v) is 11.7. The minimum absolute atomic E-state index is 0.162. The molecule has 1 aromatic carbocycles. The Hall–Kier alpha value is -1.62. The maximum atomic E-state index is 12.8. The second kappa shape index (κ2) is 7.24. The van der Waals surface area contributed by atoms with Gasteiger partial charge < -0.3 is 9.47 Å². The van der Waals surface area contributed by atoms with Crippen molar-refractivity contribution in [3.05, 3.63) is 30.1 Å². The summed E-state index contributed by atoms with van der Waals surface area (Å²) in [6, 6.07) is 5.78. The van der Waals surface area contributed by atoms with Crippen LogP contribution in [0.15, 0.2) is 24.3 Å². The molecule has 0 bridgehead atoms. The number of ether oxygens (including phenoxy) is 2. The zero-order valence-electron chi connectivity index (χ0n) is 11.7. The molecule has 5 heteroatoms. The summed E-state index contributed by atoms with van der Waals surface area (Å²) in [7, 11) is 1.42. The molecule has 1 saturated heterocycles. The summed E-state index contributed by atoms with van der Waals surface area (Å²) < 4.78 is 23.2. The molecular formula is C15H20FNO3. The quantitative estimate of drug-likeness (QED) is 0.776. The molecule has 1 aliphatic rings. The minimum Gasteiger partial charge on any atom is -0.492 e. The van der Waals surface area contributed by atoms with Crippen LogP contribution in [0.3, 0.4) is 0 Å². The van der Waals surface area contributed by atoms with Crippen molar-refractivity contribution in [2.24, 2.45) is 0 Å². The van der Waals surface area contributed by atoms with Gasteiger partial charge in [-0.15, -0.1) is 0 Å². The van der Waals surface area contributed by atoms with Crippen molar-refractivity contribution in [2.45, 2.75) is 25.3 Å². The van der Waals surface area contributed by atoms with Crippen LogP contribution < -0.4 is 4.74 Å². The molecule has 0 radical (unpaired) electrons. The molecule has 1 fully saturated rings. The van der Waals surface area contributed by atoms with Gasteiger partial charge in [-0.25, -0.2) is 4.39 Å². The number of esters is 1. The normalized spacial score (nSPS) is 19.6. The number of likely N-dealkylation sites (tertiary alicyclic amines) is 1. The van der Waals surface area contributed by atoms with Gasteiger partial charge in [-0.2, -0.15) is 0 Å². The largest absolute Gasteiger partial charge is 0.492 e. The Balaban J connectivity index is 1.82. The number of carbonyl (C=O) groups is 1. The van der Waals surface area contributed by atoms with Crippen LogP contribution in [-0.4, -0.2) is 43.7 Å². The molecule has 1 aromatic rings. The molecule has 1 heterocycles. The van der Waals surface area contributed by atoms with E-state index in [1.807, 2.05) is 0 Å². The van der Waals surface area contributed by atoms with Crippen LogP contribution in [0.2, 0.25) is 0 Å². The Labute approximate surface area is 118 Å². The van der Waals surface area contributed by atoms with E-state index in [2.05, 4.69) is 4.90 Å². The number of carbonyl (C=O) groups excluding carboxylic acids is 1. The first-order valence-corrected chi connectivity index (χ1v) is 6.91. The molecule has 110 valence electrons. The third kappa shape index (κ3) is 3.93. The smallest absolute Gasteiger partial charge is 0.323 e. The van der Waals surface area contributed by atoms with Gasteiger partial charge in [0.15, 0.2) is 0 Å². The van der Waals surface area contributed by atoms with Crippen molar-refractivity contribution >= 4 is 5.97 Å². The first-order chi connectivity index (χ1) is 9.70. The molecule has 0 aliphatic carbocycles. The molecule has 4 nitrogen and oxygen atoms in total. The zero-order chi connectivity index (χ0) is 14.4. The standard InChI is InChI=1S/C15H20FNO3/c1-19-15(18)14-4-2-3-9-17(14)10-11-20-13-7-5-12(16)6-8-13/h5-8,14H,2-4,9-11H2,1H3/t14-/m1/s1. The molecule has 0 N–H and O–H groups in total. The van der Waals surface area contributed by atoms with E-state index in [9.17, 15) is 9.18 Å². The van der Waals surface area contributed by atoms with Crippen LogP contribution in [0.1, 0.15) is 19.3 Å². The topological polar surface area (TPSA) is 38.8 Å². The van der Waals surface area contributed by atoms with Crippen LogP contribution in [0.25, 0.3) is 0 Å². The minimum atomic E-state index is -0.279. The molecule has 0 saturated carbocycles. The van der Waals surface area contributed by atoms with E-state index in [0.29, 0.717) is 18.9 Å². The molecule has 2 rings (SSSR count). The van der Waals surface area contributed by atoms with Crippen LogP contribution in [0.5, 0.6) is 5.75 Å². The highest BCUT2D eigenvalue weighted by Gasteiger charge is 2.28. The summed E-state index contributed by atoms with van der Waals surface area (Å²) in [5.41, 5.74) is 0. The monoisotopic (exact) mass is 281 g/mol. The highest BCUT2D eigenvalue weighted by Crippen LogP contribution is 2.18. The van der Waals surface area contributed by atoms with Gasteiger partial charge in [-0.05, 0) is 43.7 Å². The number of nitrogens with zero attached hydrogens (tertiary/aromatic N) is 1. The molecule has 1 aliphatic heterocycles. The van der Waals surface area contributed by atoms with Crippen LogP contribution >= 0.6 is 0 Å². The van der Waals surface area contributed by atoms with E-state index in [1.54, 1.807) is 12.1 Å². The van der Waals surface area contributed by atoms with Crippen molar-refractivity contribution < 1.29 is 18.7 Å². The van der Waals surface area contributed by atoms with Gasteiger partial charge in [0.25, 0.3) is 0 Å². The number of rotatable bonds is 5. The third-order valence-electron chi connectivity index (χ3n) is 3.55. The highest BCUT2D eigenvalue weighted by atomic mass is 19.1. The summed E-state index contributed by atoms with van der Waals surface area (Å²) in [5, 5.41) is 0. The van der Waals surface area contributed by atoms with Crippen molar-refractivity contribution in [3.8, 4) is 5.75 Å². The predicted molar refractivity (Wildman–Crippen MR) is 73.1 cm³/mol. The van der Waals surface area contributed by atoms with E-state index in [-0.39, 0.29) is 17.8 Å². The maximum absolute atomic E-state index is 12.8. The predicted octanol–water partition coefficient (Wildman–Crippen LogP) is 2.23. The van der Waals surface area contributed by atoms with Crippen molar-refractivity contribution in [2.75, 3.05) is 26.8 Å². The van der Waals surface area contributed by atoms with Crippen LogP contribution in [0, 0.1) is 5.82 Å². The second-order valence-corrected chi connectivity index (χ2v) is 4.87. The SMILES string of the molecule is COC(=O)[C@H]1CCCCN1CCOc1ccc(F)cc1. The van der Waals surface area contributed by atoms with Gasteiger partial charge in [0, 0.05) is 6.54 Å². The van der Waals surface area contributed by atoms with Gasteiger partial charge in [-0.3, -0.25) is 9.69 Å². The Kier molecular flexibility index (Phi) is 5.35. The van der Waals surface area contributed by atoms with Gasteiger partial charge in [0.1, 0.15) is 24.2 Å².